The lowest BCUT2D eigenvalue weighted by molar-refractivity contribution is 0.310. The van der Waals surface area contributed by atoms with Gasteiger partial charge in [0.15, 0.2) is 5.96 Å². The molecule has 0 radical (unpaired) electrons. The third-order valence-electron chi connectivity index (χ3n) is 2.97. The number of benzene rings is 1. The molecule has 0 atom stereocenters. The molecule has 0 heterocycles. The molecule has 2 N–H and O–H groups in total. The first-order valence-corrected chi connectivity index (χ1v) is 7.03. The maximum atomic E-state index is 5.89. The van der Waals surface area contributed by atoms with E-state index in [1.807, 2.05) is 29.2 Å². The number of halogens is 1. The van der Waals surface area contributed by atoms with Gasteiger partial charge in [-0.1, -0.05) is 6.07 Å². The second kappa shape index (κ2) is 11.5. The van der Waals surface area contributed by atoms with Crippen molar-refractivity contribution in [2.75, 3.05) is 33.4 Å². The Labute approximate surface area is 144 Å². The van der Waals surface area contributed by atoms with Crippen LogP contribution in [-0.2, 0) is 0 Å². The minimum Gasteiger partial charge on any atom is -0.497 e. The van der Waals surface area contributed by atoms with Crippen LogP contribution in [0.1, 0.15) is 20.3 Å². The van der Waals surface area contributed by atoms with Gasteiger partial charge in [-0.3, -0.25) is 4.99 Å². The molecule has 0 unspecified atom stereocenters. The van der Waals surface area contributed by atoms with Crippen molar-refractivity contribution in [2.45, 2.75) is 20.3 Å². The summed E-state index contributed by atoms with van der Waals surface area (Å²) in [6, 6.07) is 7.58. The van der Waals surface area contributed by atoms with Gasteiger partial charge in [0.05, 0.1) is 13.7 Å². The van der Waals surface area contributed by atoms with Gasteiger partial charge in [0, 0.05) is 32.1 Å². The van der Waals surface area contributed by atoms with Crippen molar-refractivity contribution in [2.24, 2.45) is 10.7 Å². The number of nitrogens with two attached hydrogens (primary N) is 1. The normalized spacial score (nSPS) is 10.7. The number of nitrogens with zero attached hydrogens (tertiary/aromatic N) is 2. The predicted octanol–water partition coefficient (Wildman–Crippen LogP) is 2.74. The number of hydrogen-bond donors (Lipinski definition) is 1. The molecule has 1 aromatic rings. The molecule has 120 valence electrons. The van der Waals surface area contributed by atoms with Gasteiger partial charge < -0.3 is 20.1 Å². The number of ether oxygens (including phenoxy) is 2. The van der Waals surface area contributed by atoms with Gasteiger partial charge in [0.25, 0.3) is 0 Å². The van der Waals surface area contributed by atoms with E-state index in [0.29, 0.717) is 19.1 Å². The standard InChI is InChI=1S/C15H25N3O2.HI/c1-4-18(5-2)15(16)17-10-7-11-20-14-9-6-8-13(12-14)19-3;/h6,8-9,12H,4-5,7,10-11H2,1-3H3,(H2,16,17);1H. The van der Waals surface area contributed by atoms with Crippen molar-refractivity contribution in [3.63, 3.8) is 0 Å². The van der Waals surface area contributed by atoms with Gasteiger partial charge in [0.2, 0.25) is 0 Å². The van der Waals surface area contributed by atoms with Crippen molar-refractivity contribution in [1.82, 2.24) is 4.90 Å². The third kappa shape index (κ3) is 7.40. The predicted molar refractivity (Wildman–Crippen MR) is 97.9 cm³/mol. The topological polar surface area (TPSA) is 60.1 Å². The molecule has 0 aliphatic heterocycles. The average Bonchev–Trinajstić information content (AvgIpc) is 2.48. The van der Waals surface area contributed by atoms with Crippen LogP contribution in [0.25, 0.3) is 0 Å². The Morgan fingerprint density at radius 1 is 1.24 bits per heavy atom. The van der Waals surface area contributed by atoms with Crippen LogP contribution >= 0.6 is 24.0 Å². The van der Waals surface area contributed by atoms with Crippen LogP contribution in [0.2, 0.25) is 0 Å². The summed E-state index contributed by atoms with van der Waals surface area (Å²) < 4.78 is 10.8. The zero-order valence-corrected chi connectivity index (χ0v) is 15.4. The Morgan fingerprint density at radius 2 is 1.90 bits per heavy atom. The minimum atomic E-state index is 0. The Kier molecular flexibility index (Phi) is 10.8. The molecule has 5 nitrogen and oxygen atoms in total. The van der Waals surface area contributed by atoms with E-state index in [9.17, 15) is 0 Å². The maximum Gasteiger partial charge on any atom is 0.191 e. The van der Waals surface area contributed by atoms with Gasteiger partial charge in [-0.25, -0.2) is 0 Å². The molecule has 0 bridgehead atoms. The molecule has 6 heteroatoms. The largest absolute Gasteiger partial charge is 0.497 e. The smallest absolute Gasteiger partial charge is 0.191 e. The minimum absolute atomic E-state index is 0. The lowest BCUT2D eigenvalue weighted by atomic mass is 10.3. The molecule has 0 saturated carbocycles. The number of methoxy groups -OCH3 is 1. The van der Waals surface area contributed by atoms with Crippen molar-refractivity contribution in [1.29, 1.82) is 0 Å². The number of aliphatic imine (C=N–C) groups is 1. The summed E-state index contributed by atoms with van der Waals surface area (Å²) in [6.45, 7) is 7.18. The van der Waals surface area contributed by atoms with Crippen LogP contribution in [0.15, 0.2) is 29.3 Å². The van der Waals surface area contributed by atoms with Crippen LogP contribution in [0.5, 0.6) is 11.5 Å². The van der Waals surface area contributed by atoms with E-state index in [2.05, 4.69) is 18.8 Å². The fraction of sp³-hybridized carbons (Fsp3) is 0.533. The highest BCUT2D eigenvalue weighted by molar-refractivity contribution is 14.0. The van der Waals surface area contributed by atoms with Crippen molar-refractivity contribution >= 4 is 29.9 Å². The van der Waals surface area contributed by atoms with Crippen LogP contribution in [-0.4, -0.2) is 44.2 Å². The summed E-state index contributed by atoms with van der Waals surface area (Å²) in [7, 11) is 1.64. The fourth-order valence-corrected chi connectivity index (χ4v) is 1.79. The molecule has 0 spiro atoms. The summed E-state index contributed by atoms with van der Waals surface area (Å²) in [5.74, 6) is 2.22. The zero-order chi connectivity index (χ0) is 14.8. The van der Waals surface area contributed by atoms with E-state index in [0.717, 1.165) is 31.0 Å². The summed E-state index contributed by atoms with van der Waals surface area (Å²) in [4.78, 5) is 6.38. The summed E-state index contributed by atoms with van der Waals surface area (Å²) in [5, 5.41) is 0. The van der Waals surface area contributed by atoms with Crippen LogP contribution in [0, 0.1) is 0 Å². The first-order valence-electron chi connectivity index (χ1n) is 7.03. The van der Waals surface area contributed by atoms with Gasteiger partial charge >= 0.3 is 0 Å². The highest BCUT2D eigenvalue weighted by Crippen LogP contribution is 2.18. The second-order valence-corrected chi connectivity index (χ2v) is 4.29. The summed E-state index contributed by atoms with van der Waals surface area (Å²) in [6.07, 6.45) is 0.833. The van der Waals surface area contributed by atoms with Crippen molar-refractivity contribution in [3.8, 4) is 11.5 Å². The zero-order valence-electron chi connectivity index (χ0n) is 13.0. The molecule has 1 aromatic carbocycles. The molecular formula is C15H26IN3O2. The fourth-order valence-electron chi connectivity index (χ4n) is 1.79. The van der Waals surface area contributed by atoms with Crippen LogP contribution in [0.4, 0.5) is 0 Å². The van der Waals surface area contributed by atoms with Gasteiger partial charge in [-0.2, -0.15) is 0 Å². The van der Waals surface area contributed by atoms with E-state index in [1.54, 1.807) is 7.11 Å². The van der Waals surface area contributed by atoms with Gasteiger partial charge in [0.1, 0.15) is 11.5 Å². The van der Waals surface area contributed by atoms with Crippen LogP contribution < -0.4 is 15.2 Å². The maximum absolute atomic E-state index is 5.89. The Morgan fingerprint density at radius 3 is 2.52 bits per heavy atom. The van der Waals surface area contributed by atoms with Crippen molar-refractivity contribution in [3.05, 3.63) is 24.3 Å². The first-order chi connectivity index (χ1) is 9.71. The SMILES string of the molecule is CCN(CC)C(N)=NCCCOc1cccc(OC)c1.I. The van der Waals surface area contributed by atoms with Gasteiger partial charge in [-0.05, 0) is 26.0 Å². The second-order valence-electron chi connectivity index (χ2n) is 4.29. The molecule has 0 aromatic heterocycles. The molecule has 0 saturated heterocycles. The number of rotatable bonds is 8. The van der Waals surface area contributed by atoms with E-state index in [-0.39, 0.29) is 24.0 Å². The Balaban J connectivity index is 0.00000400. The average molecular weight is 407 g/mol. The highest BCUT2D eigenvalue weighted by Gasteiger charge is 2.01. The number of guanidine groups is 1. The molecule has 1 rings (SSSR count). The lowest BCUT2D eigenvalue weighted by Crippen LogP contribution is -2.37. The molecule has 21 heavy (non-hydrogen) atoms. The number of hydrogen-bond acceptors (Lipinski definition) is 3. The Hall–Kier alpha value is -1.18. The first kappa shape index (κ1) is 19.8. The van der Waals surface area contributed by atoms with E-state index >= 15 is 0 Å². The monoisotopic (exact) mass is 407 g/mol. The quantitative estimate of drug-likeness (QED) is 0.312. The van der Waals surface area contributed by atoms with E-state index in [4.69, 9.17) is 15.2 Å². The molecule has 0 amide bonds. The van der Waals surface area contributed by atoms with E-state index < -0.39 is 0 Å². The van der Waals surface area contributed by atoms with Gasteiger partial charge in [-0.15, -0.1) is 24.0 Å². The lowest BCUT2D eigenvalue weighted by Gasteiger charge is -2.19. The molecule has 0 aliphatic rings. The highest BCUT2D eigenvalue weighted by atomic mass is 127. The van der Waals surface area contributed by atoms with E-state index in [1.165, 1.54) is 0 Å². The summed E-state index contributed by atoms with van der Waals surface area (Å²) >= 11 is 0. The summed E-state index contributed by atoms with van der Waals surface area (Å²) in [5.41, 5.74) is 5.89. The molecular weight excluding hydrogens is 381 g/mol. The molecule has 0 aliphatic carbocycles. The third-order valence-corrected chi connectivity index (χ3v) is 2.97. The Bertz CT molecular complexity index is 423. The van der Waals surface area contributed by atoms with Crippen LogP contribution in [0.3, 0.4) is 0 Å². The van der Waals surface area contributed by atoms with Crippen molar-refractivity contribution < 1.29 is 9.47 Å². The molecule has 0 fully saturated rings.